The number of carbonyl (C=O) groups excluding carboxylic acids is 1. The van der Waals surface area contributed by atoms with Crippen LogP contribution in [0.3, 0.4) is 0 Å². The fraction of sp³-hybridized carbons (Fsp3) is 0.727. The second-order valence-electron chi connectivity index (χ2n) is 3.05. The van der Waals surface area contributed by atoms with Crippen molar-refractivity contribution in [3.8, 4) is 12.3 Å². The van der Waals surface area contributed by atoms with Crippen molar-refractivity contribution in [3.05, 3.63) is 0 Å². The maximum Gasteiger partial charge on any atom is 0.132 e. The van der Waals surface area contributed by atoms with Gasteiger partial charge in [0.15, 0.2) is 0 Å². The van der Waals surface area contributed by atoms with E-state index in [0.29, 0.717) is 5.78 Å². The Morgan fingerprint density at radius 1 is 1.25 bits per heavy atom. The second kappa shape index (κ2) is 8.33. The summed E-state index contributed by atoms with van der Waals surface area (Å²) in [5, 5.41) is 0. The van der Waals surface area contributed by atoms with Crippen molar-refractivity contribution in [2.45, 2.75) is 51.9 Å². The van der Waals surface area contributed by atoms with E-state index in [-0.39, 0.29) is 0 Å². The van der Waals surface area contributed by atoms with Crippen molar-refractivity contribution in [1.29, 1.82) is 0 Å². The van der Waals surface area contributed by atoms with E-state index in [9.17, 15) is 4.79 Å². The number of unbranched alkanes of at least 4 members (excludes halogenated alkanes) is 3. The third-order valence-electron chi connectivity index (χ3n) is 1.81. The van der Waals surface area contributed by atoms with E-state index in [1.54, 1.807) is 0 Å². The third-order valence-corrected chi connectivity index (χ3v) is 1.81. The van der Waals surface area contributed by atoms with Gasteiger partial charge in [-0.1, -0.05) is 13.3 Å². The molecule has 12 heavy (non-hydrogen) atoms. The zero-order valence-corrected chi connectivity index (χ0v) is 7.94. The molecule has 0 bridgehead atoms. The van der Waals surface area contributed by atoms with Crippen molar-refractivity contribution >= 4 is 5.78 Å². The van der Waals surface area contributed by atoms with Crippen LogP contribution >= 0.6 is 0 Å². The van der Waals surface area contributed by atoms with E-state index in [0.717, 1.165) is 44.9 Å². The van der Waals surface area contributed by atoms with Crippen molar-refractivity contribution in [1.82, 2.24) is 0 Å². The Morgan fingerprint density at radius 3 is 2.58 bits per heavy atom. The van der Waals surface area contributed by atoms with Gasteiger partial charge in [-0.15, -0.1) is 12.3 Å². The van der Waals surface area contributed by atoms with Crippen LogP contribution in [0.25, 0.3) is 0 Å². The van der Waals surface area contributed by atoms with E-state index in [4.69, 9.17) is 6.42 Å². The summed E-state index contributed by atoms with van der Waals surface area (Å²) >= 11 is 0. The SMILES string of the molecule is C#CCCCCCC(=O)CCC. The van der Waals surface area contributed by atoms with Crippen LogP contribution in [0.1, 0.15) is 51.9 Å². The van der Waals surface area contributed by atoms with Crippen LogP contribution in [0.2, 0.25) is 0 Å². The molecule has 0 radical (unpaired) electrons. The monoisotopic (exact) mass is 166 g/mol. The number of ketones is 1. The first-order chi connectivity index (χ1) is 5.81. The fourth-order valence-corrected chi connectivity index (χ4v) is 1.13. The normalized spacial score (nSPS) is 9.33. The average molecular weight is 166 g/mol. The van der Waals surface area contributed by atoms with Crippen LogP contribution in [-0.4, -0.2) is 5.78 Å². The molecule has 0 aliphatic rings. The molecule has 0 amide bonds. The minimum Gasteiger partial charge on any atom is -0.300 e. The van der Waals surface area contributed by atoms with Crippen molar-refractivity contribution in [2.75, 3.05) is 0 Å². The van der Waals surface area contributed by atoms with Gasteiger partial charge in [0.2, 0.25) is 0 Å². The molecule has 0 aromatic heterocycles. The topological polar surface area (TPSA) is 17.1 Å². The largest absolute Gasteiger partial charge is 0.300 e. The summed E-state index contributed by atoms with van der Waals surface area (Å²) in [6.45, 7) is 2.04. The van der Waals surface area contributed by atoms with Crippen molar-refractivity contribution in [3.63, 3.8) is 0 Å². The standard InChI is InChI=1S/C11H18O/c1-3-5-6-7-8-10-11(12)9-4-2/h1H,4-10H2,2H3. The third kappa shape index (κ3) is 7.34. The Balaban J connectivity index is 3.09. The molecular weight excluding hydrogens is 148 g/mol. The van der Waals surface area contributed by atoms with Gasteiger partial charge in [-0.3, -0.25) is 4.79 Å². The molecule has 0 aliphatic carbocycles. The Labute approximate surface area is 75.5 Å². The van der Waals surface area contributed by atoms with Crippen molar-refractivity contribution < 1.29 is 4.79 Å². The van der Waals surface area contributed by atoms with Crippen LogP contribution in [0, 0.1) is 12.3 Å². The van der Waals surface area contributed by atoms with Gasteiger partial charge in [0, 0.05) is 19.3 Å². The molecule has 68 valence electrons. The molecule has 0 saturated carbocycles. The summed E-state index contributed by atoms with van der Waals surface area (Å²) in [5.74, 6) is 3.00. The number of Topliss-reactive ketones (excluding diaryl/α,β-unsaturated/α-hetero) is 1. The first-order valence-electron chi connectivity index (χ1n) is 4.76. The number of terminal acetylenes is 1. The van der Waals surface area contributed by atoms with Crippen LogP contribution in [-0.2, 0) is 4.79 Å². The lowest BCUT2D eigenvalue weighted by atomic mass is 10.1. The summed E-state index contributed by atoms with van der Waals surface area (Å²) < 4.78 is 0. The van der Waals surface area contributed by atoms with E-state index < -0.39 is 0 Å². The lowest BCUT2D eigenvalue weighted by Gasteiger charge is -1.97. The fourth-order valence-electron chi connectivity index (χ4n) is 1.13. The molecule has 0 atom stereocenters. The van der Waals surface area contributed by atoms with Crippen LogP contribution in [0.5, 0.6) is 0 Å². The number of hydrogen-bond donors (Lipinski definition) is 0. The molecule has 0 unspecified atom stereocenters. The molecular formula is C11H18O. The first-order valence-corrected chi connectivity index (χ1v) is 4.76. The summed E-state index contributed by atoms with van der Waals surface area (Å²) in [7, 11) is 0. The van der Waals surface area contributed by atoms with Crippen LogP contribution in [0.4, 0.5) is 0 Å². The number of hydrogen-bond acceptors (Lipinski definition) is 1. The Morgan fingerprint density at radius 2 is 2.00 bits per heavy atom. The number of carbonyl (C=O) groups is 1. The number of rotatable bonds is 7. The summed E-state index contributed by atoms with van der Waals surface area (Å²) in [4.78, 5) is 11.0. The van der Waals surface area contributed by atoms with E-state index in [1.807, 2.05) is 6.92 Å². The zero-order valence-electron chi connectivity index (χ0n) is 7.94. The van der Waals surface area contributed by atoms with Gasteiger partial charge in [0.05, 0.1) is 0 Å². The second-order valence-corrected chi connectivity index (χ2v) is 3.05. The molecule has 0 aromatic carbocycles. The van der Waals surface area contributed by atoms with E-state index in [2.05, 4.69) is 5.92 Å². The highest BCUT2D eigenvalue weighted by Crippen LogP contribution is 2.05. The molecule has 0 saturated heterocycles. The molecule has 0 N–H and O–H groups in total. The molecule has 1 heteroatoms. The van der Waals surface area contributed by atoms with Gasteiger partial charge in [0.25, 0.3) is 0 Å². The highest BCUT2D eigenvalue weighted by Gasteiger charge is 1.98. The zero-order chi connectivity index (χ0) is 9.23. The lowest BCUT2D eigenvalue weighted by Crippen LogP contribution is -1.95. The Bertz CT molecular complexity index is 153. The summed E-state index contributed by atoms with van der Waals surface area (Å²) in [5.41, 5.74) is 0. The molecule has 0 rings (SSSR count). The minimum absolute atomic E-state index is 0.401. The van der Waals surface area contributed by atoms with Crippen molar-refractivity contribution in [2.24, 2.45) is 0 Å². The van der Waals surface area contributed by atoms with E-state index in [1.165, 1.54) is 0 Å². The van der Waals surface area contributed by atoms with Gasteiger partial charge in [0.1, 0.15) is 5.78 Å². The summed E-state index contributed by atoms with van der Waals surface area (Å²) in [6.07, 6.45) is 11.6. The molecule has 0 aliphatic heterocycles. The Kier molecular flexibility index (Phi) is 7.79. The molecule has 1 nitrogen and oxygen atoms in total. The van der Waals surface area contributed by atoms with Gasteiger partial charge in [-0.25, -0.2) is 0 Å². The van der Waals surface area contributed by atoms with Gasteiger partial charge in [-0.2, -0.15) is 0 Å². The molecule has 0 heterocycles. The predicted octanol–water partition coefficient (Wildman–Crippen LogP) is 2.94. The van der Waals surface area contributed by atoms with Gasteiger partial charge < -0.3 is 0 Å². The van der Waals surface area contributed by atoms with Crippen LogP contribution < -0.4 is 0 Å². The highest BCUT2D eigenvalue weighted by atomic mass is 16.1. The van der Waals surface area contributed by atoms with E-state index >= 15 is 0 Å². The maximum absolute atomic E-state index is 11.0. The Hall–Kier alpha value is -0.770. The first kappa shape index (κ1) is 11.2. The van der Waals surface area contributed by atoms with Crippen LogP contribution in [0.15, 0.2) is 0 Å². The quantitative estimate of drug-likeness (QED) is 0.420. The smallest absolute Gasteiger partial charge is 0.132 e. The predicted molar refractivity (Wildman–Crippen MR) is 51.8 cm³/mol. The van der Waals surface area contributed by atoms with Gasteiger partial charge in [-0.05, 0) is 19.3 Å². The lowest BCUT2D eigenvalue weighted by molar-refractivity contribution is -0.119. The summed E-state index contributed by atoms with van der Waals surface area (Å²) in [6, 6.07) is 0. The average Bonchev–Trinajstić information content (AvgIpc) is 2.05. The minimum atomic E-state index is 0.401. The highest BCUT2D eigenvalue weighted by molar-refractivity contribution is 5.78. The van der Waals surface area contributed by atoms with Gasteiger partial charge >= 0.3 is 0 Å². The molecule has 0 spiro atoms. The maximum atomic E-state index is 11.0. The molecule has 0 fully saturated rings. The molecule has 0 aromatic rings.